The van der Waals surface area contributed by atoms with Gasteiger partial charge in [-0.25, -0.2) is 0 Å². The van der Waals surface area contributed by atoms with Crippen LogP contribution in [0.3, 0.4) is 0 Å². The van der Waals surface area contributed by atoms with Gasteiger partial charge in [0, 0.05) is 22.9 Å². The Bertz CT molecular complexity index is 380. The molecule has 1 aliphatic carbocycles. The van der Waals surface area contributed by atoms with E-state index in [1.54, 1.807) is 0 Å². The third kappa shape index (κ3) is 3.04. The molecule has 1 aromatic carbocycles. The zero-order valence-electron chi connectivity index (χ0n) is 10.6. The van der Waals surface area contributed by atoms with Crippen LogP contribution in [0.1, 0.15) is 37.2 Å². The summed E-state index contributed by atoms with van der Waals surface area (Å²) in [6.45, 7) is 1.21. The van der Waals surface area contributed by atoms with Crippen LogP contribution in [-0.4, -0.2) is 23.6 Å². The van der Waals surface area contributed by atoms with Crippen LogP contribution in [-0.2, 0) is 0 Å². The summed E-state index contributed by atoms with van der Waals surface area (Å²) >= 11 is 8.05. The molecule has 2 fully saturated rings. The van der Waals surface area contributed by atoms with E-state index in [-0.39, 0.29) is 0 Å². The highest BCUT2D eigenvalue weighted by Crippen LogP contribution is 2.37. The lowest BCUT2D eigenvalue weighted by Crippen LogP contribution is -2.42. The van der Waals surface area contributed by atoms with E-state index in [1.807, 2.05) is 12.1 Å². The third-order valence-corrected chi connectivity index (χ3v) is 5.79. The average Bonchev–Trinajstić information content (AvgIpc) is 2.82. The van der Waals surface area contributed by atoms with Gasteiger partial charge in [0.1, 0.15) is 0 Å². The van der Waals surface area contributed by atoms with Crippen LogP contribution in [0.4, 0.5) is 0 Å². The van der Waals surface area contributed by atoms with E-state index in [1.165, 1.54) is 43.5 Å². The Morgan fingerprint density at radius 2 is 2.00 bits per heavy atom. The van der Waals surface area contributed by atoms with E-state index >= 15 is 0 Å². The van der Waals surface area contributed by atoms with Crippen molar-refractivity contribution in [3.63, 3.8) is 0 Å². The molecule has 0 amide bonds. The molecule has 1 saturated carbocycles. The molecular formula is C15H20ClNS. The average molecular weight is 282 g/mol. The minimum absolute atomic E-state index is 0.742. The molecule has 0 bridgehead atoms. The monoisotopic (exact) mass is 281 g/mol. The van der Waals surface area contributed by atoms with Crippen molar-refractivity contribution in [3.8, 4) is 0 Å². The molecule has 1 unspecified atom stereocenters. The summed E-state index contributed by atoms with van der Waals surface area (Å²) in [5, 5.41) is 5.44. The molecule has 1 heterocycles. The van der Waals surface area contributed by atoms with Crippen molar-refractivity contribution >= 4 is 23.4 Å². The topological polar surface area (TPSA) is 12.0 Å². The largest absolute Gasteiger partial charge is 0.313 e. The van der Waals surface area contributed by atoms with Gasteiger partial charge in [-0.3, -0.25) is 0 Å². The van der Waals surface area contributed by atoms with Crippen LogP contribution >= 0.6 is 23.4 Å². The van der Waals surface area contributed by atoms with Crippen LogP contribution in [0.15, 0.2) is 24.3 Å². The van der Waals surface area contributed by atoms with Crippen LogP contribution in [0.2, 0.25) is 5.02 Å². The van der Waals surface area contributed by atoms with Gasteiger partial charge in [0.2, 0.25) is 0 Å². The van der Waals surface area contributed by atoms with E-state index in [9.17, 15) is 0 Å². The number of rotatable bonds is 4. The Balaban J connectivity index is 1.41. The molecule has 1 aliphatic heterocycles. The quantitative estimate of drug-likeness (QED) is 0.893. The van der Waals surface area contributed by atoms with Crippen LogP contribution in [0, 0.1) is 0 Å². The van der Waals surface area contributed by atoms with Gasteiger partial charge in [0.15, 0.2) is 0 Å². The van der Waals surface area contributed by atoms with Crippen molar-refractivity contribution in [2.45, 2.75) is 42.9 Å². The van der Waals surface area contributed by atoms with E-state index in [4.69, 9.17) is 11.6 Å². The Labute approximate surface area is 119 Å². The molecule has 3 heteroatoms. The first kappa shape index (κ1) is 12.8. The summed E-state index contributed by atoms with van der Waals surface area (Å²) in [5.41, 5.74) is 1.45. The molecule has 1 atom stereocenters. The fourth-order valence-corrected chi connectivity index (χ4v) is 4.24. The Hall–Kier alpha value is -0.180. The SMILES string of the molecule is Clc1ccc(C2CC(NCC3CCCS3)C2)cc1. The fourth-order valence-electron chi connectivity index (χ4n) is 2.90. The molecule has 98 valence electrons. The normalized spacial score (nSPS) is 31.3. The minimum atomic E-state index is 0.742. The summed E-state index contributed by atoms with van der Waals surface area (Å²) < 4.78 is 0. The summed E-state index contributed by atoms with van der Waals surface area (Å²) in [5.74, 6) is 2.11. The van der Waals surface area contributed by atoms with Gasteiger partial charge in [0.05, 0.1) is 0 Å². The lowest BCUT2D eigenvalue weighted by Gasteiger charge is -2.37. The highest BCUT2D eigenvalue weighted by molar-refractivity contribution is 8.00. The van der Waals surface area contributed by atoms with E-state index in [0.717, 1.165) is 22.2 Å². The van der Waals surface area contributed by atoms with Crippen molar-refractivity contribution in [2.24, 2.45) is 0 Å². The lowest BCUT2D eigenvalue weighted by molar-refractivity contribution is 0.291. The van der Waals surface area contributed by atoms with E-state index in [2.05, 4.69) is 29.2 Å². The van der Waals surface area contributed by atoms with E-state index in [0.29, 0.717) is 0 Å². The molecule has 3 rings (SSSR count). The van der Waals surface area contributed by atoms with Crippen LogP contribution in [0.25, 0.3) is 0 Å². The van der Waals surface area contributed by atoms with Crippen LogP contribution in [0.5, 0.6) is 0 Å². The van der Waals surface area contributed by atoms with Crippen molar-refractivity contribution in [1.82, 2.24) is 5.32 Å². The Morgan fingerprint density at radius 3 is 2.67 bits per heavy atom. The van der Waals surface area contributed by atoms with Crippen molar-refractivity contribution in [2.75, 3.05) is 12.3 Å². The second kappa shape index (κ2) is 5.85. The van der Waals surface area contributed by atoms with Gasteiger partial charge >= 0.3 is 0 Å². The molecule has 1 N–H and O–H groups in total. The van der Waals surface area contributed by atoms with Gasteiger partial charge in [0.25, 0.3) is 0 Å². The molecule has 2 aliphatic rings. The summed E-state index contributed by atoms with van der Waals surface area (Å²) in [7, 11) is 0. The molecule has 1 aromatic rings. The van der Waals surface area contributed by atoms with Gasteiger partial charge in [-0.15, -0.1) is 0 Å². The predicted molar refractivity (Wildman–Crippen MR) is 80.7 cm³/mol. The molecule has 1 nitrogen and oxygen atoms in total. The molecule has 0 aromatic heterocycles. The second-order valence-electron chi connectivity index (χ2n) is 5.46. The third-order valence-electron chi connectivity index (χ3n) is 4.14. The maximum Gasteiger partial charge on any atom is 0.0406 e. The number of hydrogen-bond acceptors (Lipinski definition) is 2. The molecule has 1 saturated heterocycles. The van der Waals surface area contributed by atoms with E-state index < -0.39 is 0 Å². The zero-order chi connectivity index (χ0) is 12.4. The first-order valence-corrected chi connectivity index (χ1v) is 8.34. The van der Waals surface area contributed by atoms with Crippen molar-refractivity contribution in [1.29, 1.82) is 0 Å². The lowest BCUT2D eigenvalue weighted by atomic mass is 9.76. The number of thioether (sulfide) groups is 1. The smallest absolute Gasteiger partial charge is 0.0406 e. The number of benzene rings is 1. The first-order valence-electron chi connectivity index (χ1n) is 6.92. The van der Waals surface area contributed by atoms with Gasteiger partial charge in [-0.2, -0.15) is 11.8 Å². The summed E-state index contributed by atoms with van der Waals surface area (Å²) in [6, 6.07) is 9.11. The summed E-state index contributed by atoms with van der Waals surface area (Å²) in [4.78, 5) is 0. The predicted octanol–water partition coefficient (Wildman–Crippen LogP) is 4.07. The van der Waals surface area contributed by atoms with Gasteiger partial charge in [-0.05, 0) is 55.1 Å². The van der Waals surface area contributed by atoms with Crippen molar-refractivity contribution < 1.29 is 0 Å². The number of halogens is 1. The van der Waals surface area contributed by atoms with Gasteiger partial charge < -0.3 is 5.32 Å². The highest BCUT2D eigenvalue weighted by Gasteiger charge is 2.30. The summed E-state index contributed by atoms with van der Waals surface area (Å²) in [6.07, 6.45) is 5.40. The Kier molecular flexibility index (Phi) is 4.17. The molecular weight excluding hydrogens is 262 g/mol. The standard InChI is InChI=1S/C15H20ClNS/c16-13-5-3-11(4-6-13)12-8-14(9-12)17-10-15-2-1-7-18-15/h3-6,12,14-15,17H,1-2,7-10H2. The molecule has 18 heavy (non-hydrogen) atoms. The van der Waals surface area contributed by atoms with Crippen LogP contribution < -0.4 is 5.32 Å². The second-order valence-corrected chi connectivity index (χ2v) is 7.30. The van der Waals surface area contributed by atoms with Crippen molar-refractivity contribution in [3.05, 3.63) is 34.9 Å². The Morgan fingerprint density at radius 1 is 1.22 bits per heavy atom. The molecule has 0 radical (unpaired) electrons. The maximum atomic E-state index is 5.91. The van der Waals surface area contributed by atoms with Gasteiger partial charge in [-0.1, -0.05) is 23.7 Å². The zero-order valence-corrected chi connectivity index (χ0v) is 12.1. The fraction of sp³-hybridized carbons (Fsp3) is 0.600. The minimum Gasteiger partial charge on any atom is -0.313 e. The highest BCUT2D eigenvalue weighted by atomic mass is 35.5. The number of nitrogens with one attached hydrogen (secondary N) is 1. The molecule has 0 spiro atoms. The maximum absolute atomic E-state index is 5.91. The number of hydrogen-bond donors (Lipinski definition) is 1. The first-order chi connectivity index (χ1) is 8.81.